The first kappa shape index (κ1) is 22.8. The van der Waals surface area contributed by atoms with E-state index in [0.29, 0.717) is 39.1 Å². The number of hydrogen-bond acceptors (Lipinski definition) is 5. The van der Waals surface area contributed by atoms with E-state index in [4.69, 9.17) is 27.9 Å². The number of amides is 1. The summed E-state index contributed by atoms with van der Waals surface area (Å²) < 4.78 is 33.9. The Bertz CT molecular complexity index is 832. The molecule has 7 nitrogen and oxygen atoms in total. The third-order valence-electron chi connectivity index (χ3n) is 5.65. The molecule has 162 valence electrons. The van der Waals surface area contributed by atoms with Crippen LogP contribution in [-0.2, 0) is 19.6 Å². The molecule has 2 heterocycles. The summed E-state index contributed by atoms with van der Waals surface area (Å²) in [5.41, 5.74) is 0. The standard InChI is InChI=1S/C19H27Cl2N3O4S/c1-22-11-13-12-23(6-7-28-2)19(25)18-5-3-4-17(13)24(18)29(26,27)16-9-14(20)8-15(21)10-16/h8-10,13,17-18,22H,3-7,11-12H2,1-2H3/t13-,17+,18-/m0/s1. The van der Waals surface area contributed by atoms with Crippen molar-refractivity contribution in [3.8, 4) is 0 Å². The molecule has 29 heavy (non-hydrogen) atoms. The fraction of sp³-hybridized carbons (Fsp3) is 0.632. The molecule has 0 aliphatic carbocycles. The molecule has 3 rings (SSSR count). The summed E-state index contributed by atoms with van der Waals surface area (Å²) in [6.07, 6.45) is 2.02. The van der Waals surface area contributed by atoms with Crippen LogP contribution in [0.1, 0.15) is 19.3 Å². The van der Waals surface area contributed by atoms with E-state index in [9.17, 15) is 13.2 Å². The van der Waals surface area contributed by atoms with Crippen LogP contribution in [0, 0.1) is 5.92 Å². The zero-order chi connectivity index (χ0) is 21.2. The van der Waals surface area contributed by atoms with Crippen molar-refractivity contribution < 1.29 is 17.9 Å². The van der Waals surface area contributed by atoms with Gasteiger partial charge in [-0.1, -0.05) is 23.2 Å². The molecule has 0 radical (unpaired) electrons. The van der Waals surface area contributed by atoms with Gasteiger partial charge in [0.05, 0.1) is 11.5 Å². The number of carbonyl (C=O) groups is 1. The van der Waals surface area contributed by atoms with Gasteiger partial charge < -0.3 is 15.0 Å². The third kappa shape index (κ3) is 4.73. The number of halogens is 2. The number of hydrogen-bond donors (Lipinski definition) is 1. The Hall–Kier alpha value is -0.900. The minimum absolute atomic E-state index is 0.0215. The average Bonchev–Trinajstić information content (AvgIpc) is 2.74. The highest BCUT2D eigenvalue weighted by Gasteiger charge is 2.49. The lowest BCUT2D eigenvalue weighted by Gasteiger charge is -2.40. The van der Waals surface area contributed by atoms with Crippen molar-refractivity contribution >= 4 is 39.1 Å². The number of fused-ring (bicyclic) bond motifs is 2. The first-order chi connectivity index (χ1) is 13.8. The fourth-order valence-electron chi connectivity index (χ4n) is 4.40. The van der Waals surface area contributed by atoms with Gasteiger partial charge in [0.1, 0.15) is 6.04 Å². The van der Waals surface area contributed by atoms with Gasteiger partial charge in [-0.2, -0.15) is 4.31 Å². The maximum atomic E-state index is 13.7. The predicted octanol–water partition coefficient (Wildman–Crippen LogP) is 2.23. The zero-order valence-corrected chi connectivity index (χ0v) is 18.9. The molecule has 1 N–H and O–H groups in total. The molecule has 2 fully saturated rings. The Kier molecular flexibility index (Phi) is 7.46. The Morgan fingerprint density at radius 2 is 1.90 bits per heavy atom. The molecule has 10 heteroatoms. The number of carbonyl (C=O) groups excluding carboxylic acids is 1. The second-order valence-electron chi connectivity index (χ2n) is 7.55. The van der Waals surface area contributed by atoms with Gasteiger partial charge in [-0.25, -0.2) is 8.42 Å². The number of piperidine rings is 1. The van der Waals surface area contributed by atoms with Crippen LogP contribution in [0.2, 0.25) is 10.0 Å². The molecule has 2 aliphatic rings. The number of sulfonamides is 1. The van der Waals surface area contributed by atoms with Gasteiger partial charge in [0.25, 0.3) is 0 Å². The summed E-state index contributed by atoms with van der Waals surface area (Å²) in [5, 5.41) is 3.65. The SMILES string of the molecule is CNC[C@H]1CN(CCOC)C(=O)[C@@H]2CCC[C@H]1N2S(=O)(=O)c1cc(Cl)cc(Cl)c1. The number of nitrogens with one attached hydrogen (secondary N) is 1. The lowest BCUT2D eigenvalue weighted by Crippen LogP contribution is -2.55. The highest BCUT2D eigenvalue weighted by atomic mass is 35.5. The molecule has 1 aromatic carbocycles. The normalized spacial score (nSPS) is 25.9. The molecular weight excluding hydrogens is 437 g/mol. The minimum Gasteiger partial charge on any atom is -0.383 e. The zero-order valence-electron chi connectivity index (χ0n) is 16.6. The number of nitrogens with zero attached hydrogens (tertiary/aromatic N) is 2. The first-order valence-corrected chi connectivity index (χ1v) is 11.9. The molecule has 0 unspecified atom stereocenters. The Balaban J connectivity index is 2.07. The molecule has 0 aromatic heterocycles. The van der Waals surface area contributed by atoms with Crippen molar-refractivity contribution in [2.24, 2.45) is 5.92 Å². The fourth-order valence-corrected chi connectivity index (χ4v) is 7.01. The van der Waals surface area contributed by atoms with Crippen LogP contribution in [0.5, 0.6) is 0 Å². The van der Waals surface area contributed by atoms with Gasteiger partial charge in [0, 0.05) is 48.7 Å². The maximum absolute atomic E-state index is 13.7. The summed E-state index contributed by atoms with van der Waals surface area (Å²) in [5.74, 6) is -0.197. The van der Waals surface area contributed by atoms with Crippen LogP contribution in [0.25, 0.3) is 0 Å². The van der Waals surface area contributed by atoms with Gasteiger partial charge in [-0.3, -0.25) is 4.79 Å². The summed E-state index contributed by atoms with van der Waals surface area (Å²) in [6, 6.07) is 3.27. The van der Waals surface area contributed by atoms with Gasteiger partial charge in [-0.05, 0) is 44.5 Å². The van der Waals surface area contributed by atoms with E-state index in [-0.39, 0.29) is 32.8 Å². The molecular formula is C19H27Cl2N3O4S. The topological polar surface area (TPSA) is 79.0 Å². The predicted molar refractivity (Wildman–Crippen MR) is 113 cm³/mol. The highest BCUT2D eigenvalue weighted by molar-refractivity contribution is 7.89. The van der Waals surface area contributed by atoms with Crippen molar-refractivity contribution in [2.45, 2.75) is 36.2 Å². The third-order valence-corrected chi connectivity index (χ3v) is 8.00. The summed E-state index contributed by atoms with van der Waals surface area (Å²) in [7, 11) is -0.536. The second-order valence-corrected chi connectivity index (χ2v) is 10.3. The van der Waals surface area contributed by atoms with E-state index in [1.807, 2.05) is 7.05 Å². The lowest BCUT2D eigenvalue weighted by molar-refractivity contribution is -0.135. The number of rotatable bonds is 7. The van der Waals surface area contributed by atoms with Crippen LogP contribution in [0.4, 0.5) is 0 Å². The second kappa shape index (κ2) is 9.49. The van der Waals surface area contributed by atoms with Crippen molar-refractivity contribution in [1.29, 1.82) is 0 Å². The summed E-state index contributed by atoms with van der Waals surface area (Å²) in [6.45, 7) is 1.95. The molecule has 0 spiro atoms. The molecule has 3 atom stereocenters. The average molecular weight is 464 g/mol. The van der Waals surface area contributed by atoms with Gasteiger partial charge in [0.15, 0.2) is 0 Å². The van der Waals surface area contributed by atoms with Gasteiger partial charge >= 0.3 is 0 Å². The molecule has 2 aliphatic heterocycles. The molecule has 0 saturated carbocycles. The molecule has 1 aromatic rings. The summed E-state index contributed by atoms with van der Waals surface area (Å²) in [4.78, 5) is 15.1. The van der Waals surface area contributed by atoms with Crippen molar-refractivity contribution in [3.63, 3.8) is 0 Å². The van der Waals surface area contributed by atoms with Crippen LogP contribution in [-0.4, -0.2) is 76.0 Å². The van der Waals surface area contributed by atoms with E-state index in [1.165, 1.54) is 22.5 Å². The minimum atomic E-state index is -3.96. The first-order valence-electron chi connectivity index (χ1n) is 9.71. The lowest BCUT2D eigenvalue weighted by atomic mass is 9.90. The van der Waals surface area contributed by atoms with E-state index >= 15 is 0 Å². The van der Waals surface area contributed by atoms with Crippen molar-refractivity contribution in [2.75, 3.05) is 40.4 Å². The van der Waals surface area contributed by atoms with Crippen LogP contribution in [0.15, 0.2) is 23.1 Å². The van der Waals surface area contributed by atoms with Crippen LogP contribution < -0.4 is 5.32 Å². The van der Waals surface area contributed by atoms with Crippen molar-refractivity contribution in [1.82, 2.24) is 14.5 Å². The Morgan fingerprint density at radius 1 is 1.21 bits per heavy atom. The van der Waals surface area contributed by atoms with Crippen LogP contribution >= 0.6 is 23.2 Å². The largest absolute Gasteiger partial charge is 0.383 e. The Labute approximate surface area is 182 Å². The molecule has 1 amide bonds. The van der Waals surface area contributed by atoms with E-state index in [2.05, 4.69) is 5.32 Å². The summed E-state index contributed by atoms with van der Waals surface area (Å²) >= 11 is 12.1. The maximum Gasteiger partial charge on any atom is 0.244 e. The van der Waals surface area contributed by atoms with Gasteiger partial charge in [0.2, 0.25) is 15.9 Å². The van der Waals surface area contributed by atoms with E-state index in [0.717, 1.165) is 6.42 Å². The smallest absolute Gasteiger partial charge is 0.244 e. The quantitative estimate of drug-likeness (QED) is 0.670. The molecule has 2 bridgehead atoms. The Morgan fingerprint density at radius 3 is 2.52 bits per heavy atom. The number of ether oxygens (including phenoxy) is 1. The van der Waals surface area contributed by atoms with E-state index in [1.54, 1.807) is 12.0 Å². The van der Waals surface area contributed by atoms with E-state index < -0.39 is 16.1 Å². The number of benzene rings is 1. The van der Waals surface area contributed by atoms with Crippen molar-refractivity contribution in [3.05, 3.63) is 28.2 Å². The molecule has 2 saturated heterocycles. The van der Waals surface area contributed by atoms with Gasteiger partial charge in [-0.15, -0.1) is 0 Å². The monoisotopic (exact) mass is 463 g/mol. The highest BCUT2D eigenvalue weighted by Crippen LogP contribution is 2.37. The number of methoxy groups -OCH3 is 1. The van der Waals surface area contributed by atoms with Crippen LogP contribution in [0.3, 0.4) is 0 Å².